The van der Waals surface area contributed by atoms with E-state index in [1.54, 1.807) is 0 Å². The van der Waals surface area contributed by atoms with Crippen LogP contribution in [0.25, 0.3) is 0 Å². The van der Waals surface area contributed by atoms with E-state index in [-0.39, 0.29) is 0 Å². The fraction of sp³-hybridized carbons (Fsp3) is 0. The third-order valence-corrected chi connectivity index (χ3v) is 0.772. The molecule has 9 heavy (non-hydrogen) atoms. The molecular formula is C4H2ClNO3. The lowest BCUT2D eigenvalue weighted by molar-refractivity contribution is -0.135. The van der Waals surface area contributed by atoms with Crippen molar-refractivity contribution in [3.05, 3.63) is 10.8 Å². The minimum Gasteiger partial charge on any atom is -0.500 e. The highest BCUT2D eigenvalue weighted by atomic mass is 35.5. The molecular weight excluding hydrogens is 146 g/mol. The van der Waals surface area contributed by atoms with E-state index in [0.29, 0.717) is 0 Å². The van der Waals surface area contributed by atoms with Gasteiger partial charge in [-0.1, -0.05) is 11.6 Å². The Morgan fingerprint density at radius 1 is 1.56 bits per heavy atom. The summed E-state index contributed by atoms with van der Waals surface area (Å²) >= 11 is 4.90. The zero-order valence-electron chi connectivity index (χ0n) is 4.13. The number of nitriles is 1. The van der Waals surface area contributed by atoms with Crippen molar-refractivity contribution in [2.24, 2.45) is 0 Å². The molecule has 0 aliphatic carbocycles. The molecule has 0 unspecified atom stereocenters. The van der Waals surface area contributed by atoms with Crippen LogP contribution in [0.2, 0.25) is 0 Å². The monoisotopic (exact) mass is 147 g/mol. The molecule has 0 saturated heterocycles. The lowest BCUT2D eigenvalue weighted by atomic mass is 10.5. The first kappa shape index (κ1) is 7.79. The van der Waals surface area contributed by atoms with Gasteiger partial charge in [-0.15, -0.1) is 0 Å². The molecule has 5 heteroatoms. The molecule has 0 aliphatic rings. The minimum absolute atomic E-state index is 0.720. The molecule has 4 nitrogen and oxygen atoms in total. The summed E-state index contributed by atoms with van der Waals surface area (Å²) in [6, 6.07) is 1.26. The van der Waals surface area contributed by atoms with E-state index < -0.39 is 16.8 Å². The molecule has 0 fully saturated rings. The standard InChI is InChI=1S/C4H2ClNO3/c5-2(1-6)3(7)4(8)9/h7H,(H,8,9). The molecule has 0 saturated carbocycles. The highest BCUT2D eigenvalue weighted by Gasteiger charge is 2.09. The van der Waals surface area contributed by atoms with Gasteiger partial charge in [0.05, 0.1) is 0 Å². The molecule has 0 atom stereocenters. The maximum absolute atomic E-state index is 9.76. The summed E-state index contributed by atoms with van der Waals surface area (Å²) in [5, 5.41) is 23.4. The molecule has 0 aromatic carbocycles. The van der Waals surface area contributed by atoms with Gasteiger partial charge in [-0.3, -0.25) is 0 Å². The number of hydrogen-bond donors (Lipinski definition) is 2. The van der Waals surface area contributed by atoms with Gasteiger partial charge in [0.25, 0.3) is 0 Å². The van der Waals surface area contributed by atoms with Gasteiger partial charge in [-0.05, 0) is 0 Å². The minimum atomic E-state index is -1.61. The fourth-order valence-electron chi connectivity index (χ4n) is 0.147. The van der Waals surface area contributed by atoms with E-state index >= 15 is 0 Å². The van der Waals surface area contributed by atoms with Crippen molar-refractivity contribution in [1.29, 1.82) is 5.26 Å². The van der Waals surface area contributed by atoms with E-state index in [1.807, 2.05) is 0 Å². The number of aliphatic hydroxyl groups is 1. The summed E-state index contributed by atoms with van der Waals surface area (Å²) in [6.45, 7) is 0. The average Bonchev–Trinajstić information content (AvgIpc) is 1.84. The summed E-state index contributed by atoms with van der Waals surface area (Å²) in [7, 11) is 0. The number of rotatable bonds is 1. The van der Waals surface area contributed by atoms with E-state index in [0.717, 1.165) is 0 Å². The number of aliphatic carboxylic acids is 1. The zero-order chi connectivity index (χ0) is 7.44. The lowest BCUT2D eigenvalue weighted by Gasteiger charge is -1.87. The molecule has 0 aliphatic heterocycles. The third kappa shape index (κ3) is 2.02. The first-order valence-corrected chi connectivity index (χ1v) is 2.19. The largest absolute Gasteiger partial charge is 0.500 e. The molecule has 0 rings (SSSR count). The summed E-state index contributed by atoms with van der Waals surface area (Å²) in [6.07, 6.45) is 0. The first-order valence-electron chi connectivity index (χ1n) is 1.81. The van der Waals surface area contributed by atoms with Gasteiger partial charge in [0, 0.05) is 0 Å². The Kier molecular flexibility index (Phi) is 2.55. The number of halogens is 1. The maximum atomic E-state index is 9.76. The highest BCUT2D eigenvalue weighted by molar-refractivity contribution is 6.33. The Morgan fingerprint density at radius 2 is 2.00 bits per heavy atom. The quantitative estimate of drug-likeness (QED) is 0.323. The van der Waals surface area contributed by atoms with E-state index in [4.69, 9.17) is 27.1 Å². The molecule has 2 N–H and O–H groups in total. The van der Waals surface area contributed by atoms with Gasteiger partial charge in [-0.25, -0.2) is 4.79 Å². The van der Waals surface area contributed by atoms with Crippen LogP contribution in [0.1, 0.15) is 0 Å². The number of aliphatic hydroxyl groups excluding tert-OH is 1. The van der Waals surface area contributed by atoms with Crippen molar-refractivity contribution in [2.75, 3.05) is 0 Å². The molecule has 0 bridgehead atoms. The van der Waals surface area contributed by atoms with E-state index in [9.17, 15) is 4.79 Å². The van der Waals surface area contributed by atoms with Crippen molar-refractivity contribution in [3.8, 4) is 6.07 Å². The van der Waals surface area contributed by atoms with Gasteiger partial charge >= 0.3 is 5.97 Å². The van der Waals surface area contributed by atoms with Crippen LogP contribution >= 0.6 is 11.6 Å². The molecule has 0 amide bonds. The van der Waals surface area contributed by atoms with Crippen LogP contribution in [-0.2, 0) is 4.79 Å². The second-order valence-corrected chi connectivity index (χ2v) is 1.46. The number of allylic oxidation sites excluding steroid dienone is 1. The summed E-state index contributed by atoms with van der Waals surface area (Å²) in [5.74, 6) is -2.74. The third-order valence-electron chi connectivity index (χ3n) is 0.509. The Hall–Kier alpha value is -1.21. The molecule has 0 heterocycles. The van der Waals surface area contributed by atoms with Crippen molar-refractivity contribution in [1.82, 2.24) is 0 Å². The molecule has 0 radical (unpaired) electrons. The van der Waals surface area contributed by atoms with Crippen LogP contribution in [0.3, 0.4) is 0 Å². The van der Waals surface area contributed by atoms with Crippen LogP contribution in [0, 0.1) is 11.3 Å². The predicted octanol–water partition coefficient (Wildman–Crippen LogP) is 0.603. The SMILES string of the molecule is N#CC(Cl)=C(O)C(=O)O. The Morgan fingerprint density at radius 3 is 2.11 bits per heavy atom. The van der Waals surface area contributed by atoms with Gasteiger partial charge in [0.1, 0.15) is 6.07 Å². The van der Waals surface area contributed by atoms with Gasteiger partial charge < -0.3 is 10.2 Å². The number of nitrogens with zero attached hydrogens (tertiary/aromatic N) is 1. The Bertz CT molecular complexity index is 202. The Labute approximate surface area is 55.6 Å². The molecule has 0 aromatic rings. The van der Waals surface area contributed by atoms with Gasteiger partial charge in [0.15, 0.2) is 5.03 Å². The number of carboxylic acid groups (broad SMARTS) is 1. The van der Waals surface area contributed by atoms with Crippen molar-refractivity contribution in [3.63, 3.8) is 0 Å². The molecule has 48 valence electrons. The predicted molar refractivity (Wildman–Crippen MR) is 28.8 cm³/mol. The van der Waals surface area contributed by atoms with Crippen molar-refractivity contribution in [2.45, 2.75) is 0 Å². The number of carboxylic acids is 1. The molecule has 0 aromatic heterocycles. The first-order chi connectivity index (χ1) is 4.09. The van der Waals surface area contributed by atoms with Crippen LogP contribution in [0.15, 0.2) is 10.8 Å². The second kappa shape index (κ2) is 2.95. The van der Waals surface area contributed by atoms with Gasteiger partial charge in [-0.2, -0.15) is 5.26 Å². The fourth-order valence-corrected chi connectivity index (χ4v) is 0.228. The summed E-state index contributed by atoms with van der Waals surface area (Å²) < 4.78 is 0. The second-order valence-electron chi connectivity index (χ2n) is 1.08. The normalized spacial score (nSPS) is 11.6. The van der Waals surface area contributed by atoms with Crippen LogP contribution in [0.4, 0.5) is 0 Å². The summed E-state index contributed by atoms with van der Waals surface area (Å²) in [5.41, 5.74) is 0. The number of hydrogen-bond acceptors (Lipinski definition) is 3. The van der Waals surface area contributed by atoms with Crippen LogP contribution < -0.4 is 0 Å². The average molecular weight is 148 g/mol. The topological polar surface area (TPSA) is 81.3 Å². The summed E-state index contributed by atoms with van der Waals surface area (Å²) in [4.78, 5) is 9.76. The zero-order valence-corrected chi connectivity index (χ0v) is 4.88. The van der Waals surface area contributed by atoms with Crippen LogP contribution in [0.5, 0.6) is 0 Å². The smallest absolute Gasteiger partial charge is 0.373 e. The maximum Gasteiger partial charge on any atom is 0.373 e. The van der Waals surface area contributed by atoms with E-state index in [1.165, 1.54) is 6.07 Å². The van der Waals surface area contributed by atoms with Crippen molar-refractivity contribution < 1.29 is 15.0 Å². The van der Waals surface area contributed by atoms with Crippen LogP contribution in [-0.4, -0.2) is 16.2 Å². The van der Waals surface area contributed by atoms with E-state index in [2.05, 4.69) is 0 Å². The number of carbonyl (C=O) groups is 1. The molecule has 0 spiro atoms. The van der Waals surface area contributed by atoms with Crippen molar-refractivity contribution >= 4 is 17.6 Å². The van der Waals surface area contributed by atoms with Gasteiger partial charge in [0.2, 0.25) is 5.76 Å². The lowest BCUT2D eigenvalue weighted by Crippen LogP contribution is -2.00. The highest BCUT2D eigenvalue weighted by Crippen LogP contribution is 2.04. The Balaban J connectivity index is 4.54.